The average molecular weight is 396 g/mol. The number of methoxy groups -OCH3 is 1. The van der Waals surface area contributed by atoms with Gasteiger partial charge in [0.1, 0.15) is 0 Å². The van der Waals surface area contributed by atoms with Crippen molar-refractivity contribution < 1.29 is 9.47 Å². The highest BCUT2D eigenvalue weighted by Crippen LogP contribution is 2.28. The molecule has 0 radical (unpaired) electrons. The highest BCUT2D eigenvalue weighted by Gasteiger charge is 2.06. The number of hydrogen-bond donors (Lipinski definition) is 1. The summed E-state index contributed by atoms with van der Waals surface area (Å²) in [4.78, 5) is 4.56. The summed E-state index contributed by atoms with van der Waals surface area (Å²) in [5.74, 6) is 1.47. The number of rotatable bonds is 10. The molecule has 5 nitrogen and oxygen atoms in total. The van der Waals surface area contributed by atoms with Crippen molar-refractivity contribution in [1.82, 2.24) is 4.98 Å². The van der Waals surface area contributed by atoms with E-state index in [4.69, 9.17) is 9.47 Å². The van der Waals surface area contributed by atoms with Gasteiger partial charge < -0.3 is 9.47 Å². The van der Waals surface area contributed by atoms with Gasteiger partial charge in [-0.1, -0.05) is 50.1 Å². The molecule has 0 aliphatic carbocycles. The van der Waals surface area contributed by atoms with Gasteiger partial charge in [-0.05, 0) is 30.2 Å². The number of unbranched alkanes of at least 4 members (excludes halogenated alkanes) is 2. The van der Waals surface area contributed by atoms with Gasteiger partial charge in [0.2, 0.25) is 5.13 Å². The van der Waals surface area contributed by atoms with Crippen LogP contribution in [-0.4, -0.2) is 24.9 Å². The predicted octanol–water partition coefficient (Wildman–Crippen LogP) is 5.83. The molecule has 0 amide bonds. The van der Waals surface area contributed by atoms with Crippen LogP contribution in [0, 0.1) is 0 Å². The van der Waals surface area contributed by atoms with Crippen molar-refractivity contribution in [1.29, 1.82) is 0 Å². The summed E-state index contributed by atoms with van der Waals surface area (Å²) in [6.45, 7) is 2.88. The van der Waals surface area contributed by atoms with Crippen molar-refractivity contribution in [2.45, 2.75) is 26.2 Å². The number of hydrazone groups is 1. The maximum absolute atomic E-state index is 5.81. The molecule has 146 valence electrons. The molecule has 1 heterocycles. The van der Waals surface area contributed by atoms with Crippen molar-refractivity contribution >= 4 is 22.7 Å². The van der Waals surface area contributed by atoms with Crippen LogP contribution in [0.3, 0.4) is 0 Å². The summed E-state index contributed by atoms with van der Waals surface area (Å²) in [6.07, 6.45) is 5.13. The largest absolute Gasteiger partial charge is 0.493 e. The number of nitrogens with one attached hydrogen (secondary N) is 1. The summed E-state index contributed by atoms with van der Waals surface area (Å²) in [5.41, 5.74) is 5.94. The molecule has 0 aliphatic heterocycles. The zero-order valence-corrected chi connectivity index (χ0v) is 17.0. The second-order valence-corrected chi connectivity index (χ2v) is 7.10. The van der Waals surface area contributed by atoms with E-state index in [0.717, 1.165) is 34.1 Å². The Morgan fingerprint density at radius 2 is 1.96 bits per heavy atom. The van der Waals surface area contributed by atoms with E-state index in [1.54, 1.807) is 13.3 Å². The molecule has 3 aromatic rings. The first-order chi connectivity index (χ1) is 13.8. The highest BCUT2D eigenvalue weighted by molar-refractivity contribution is 7.14. The van der Waals surface area contributed by atoms with E-state index in [1.807, 2.05) is 53.9 Å². The standard InChI is InChI=1S/C22H25N3O2S/c1-3-4-8-13-27-20-12-11-17(14-21(20)26-2)15-23-25-22-24-19(16-28-22)18-9-6-5-7-10-18/h5-7,9-12,14-16H,3-4,8,13H2,1-2H3,(H,24,25). The van der Waals surface area contributed by atoms with Crippen molar-refractivity contribution in [2.75, 3.05) is 19.1 Å². The first-order valence-electron chi connectivity index (χ1n) is 9.41. The van der Waals surface area contributed by atoms with Crippen LogP contribution in [0.5, 0.6) is 11.5 Å². The van der Waals surface area contributed by atoms with Crippen LogP contribution in [0.25, 0.3) is 11.3 Å². The van der Waals surface area contributed by atoms with Crippen LogP contribution in [0.4, 0.5) is 5.13 Å². The first kappa shape index (κ1) is 19.9. The zero-order valence-electron chi connectivity index (χ0n) is 16.2. The SMILES string of the molecule is CCCCCOc1ccc(C=NNc2nc(-c3ccccc3)cs2)cc1OC. The minimum atomic E-state index is 0.701. The fourth-order valence-corrected chi connectivity index (χ4v) is 3.32. The Hall–Kier alpha value is -2.86. The van der Waals surface area contributed by atoms with Crippen LogP contribution in [0.1, 0.15) is 31.7 Å². The number of ether oxygens (including phenoxy) is 2. The zero-order chi connectivity index (χ0) is 19.6. The number of hydrogen-bond acceptors (Lipinski definition) is 6. The number of thiazole rings is 1. The summed E-state index contributed by atoms with van der Waals surface area (Å²) >= 11 is 1.52. The van der Waals surface area contributed by atoms with E-state index < -0.39 is 0 Å². The summed E-state index contributed by atoms with van der Waals surface area (Å²) in [7, 11) is 1.65. The van der Waals surface area contributed by atoms with Gasteiger partial charge >= 0.3 is 0 Å². The van der Waals surface area contributed by atoms with Crippen molar-refractivity contribution in [3.05, 3.63) is 59.5 Å². The molecule has 0 fully saturated rings. The molecule has 2 aromatic carbocycles. The van der Waals surface area contributed by atoms with Gasteiger partial charge in [0, 0.05) is 10.9 Å². The molecule has 28 heavy (non-hydrogen) atoms. The van der Waals surface area contributed by atoms with Crippen LogP contribution in [0.15, 0.2) is 59.0 Å². The fraction of sp³-hybridized carbons (Fsp3) is 0.273. The summed E-state index contributed by atoms with van der Waals surface area (Å²) in [6, 6.07) is 15.9. The van der Waals surface area contributed by atoms with Gasteiger partial charge in [0.15, 0.2) is 11.5 Å². The molecule has 0 aliphatic rings. The summed E-state index contributed by atoms with van der Waals surface area (Å²) < 4.78 is 11.3. The molecule has 6 heteroatoms. The molecule has 0 unspecified atom stereocenters. The predicted molar refractivity (Wildman–Crippen MR) is 117 cm³/mol. The highest BCUT2D eigenvalue weighted by atomic mass is 32.1. The third kappa shape index (κ3) is 5.57. The topological polar surface area (TPSA) is 55.7 Å². The third-order valence-corrected chi connectivity index (χ3v) is 4.89. The van der Waals surface area contributed by atoms with E-state index >= 15 is 0 Å². The Bertz CT molecular complexity index is 894. The molecule has 0 bridgehead atoms. The van der Waals surface area contributed by atoms with Crippen molar-refractivity contribution in [3.63, 3.8) is 0 Å². The van der Waals surface area contributed by atoms with E-state index in [2.05, 4.69) is 22.4 Å². The molecular weight excluding hydrogens is 370 g/mol. The van der Waals surface area contributed by atoms with Gasteiger partial charge in [0.25, 0.3) is 0 Å². The van der Waals surface area contributed by atoms with E-state index in [0.29, 0.717) is 12.4 Å². The Labute approximate surface area is 170 Å². The maximum atomic E-state index is 5.81. The molecular formula is C22H25N3O2S. The second-order valence-electron chi connectivity index (χ2n) is 6.24. The third-order valence-electron chi connectivity index (χ3n) is 4.14. The number of nitrogens with zero attached hydrogens (tertiary/aromatic N) is 2. The quantitative estimate of drug-likeness (QED) is 0.266. The number of benzene rings is 2. The molecule has 1 aromatic heterocycles. The van der Waals surface area contributed by atoms with Gasteiger partial charge in [-0.15, -0.1) is 11.3 Å². The van der Waals surface area contributed by atoms with Gasteiger partial charge in [-0.2, -0.15) is 5.10 Å². The van der Waals surface area contributed by atoms with E-state index in [1.165, 1.54) is 24.2 Å². The lowest BCUT2D eigenvalue weighted by Gasteiger charge is -2.11. The molecule has 0 spiro atoms. The van der Waals surface area contributed by atoms with Gasteiger partial charge in [0.05, 0.1) is 25.6 Å². The summed E-state index contributed by atoms with van der Waals surface area (Å²) in [5, 5.41) is 7.05. The van der Waals surface area contributed by atoms with E-state index in [-0.39, 0.29) is 0 Å². The van der Waals surface area contributed by atoms with Crippen molar-refractivity contribution in [2.24, 2.45) is 5.10 Å². The van der Waals surface area contributed by atoms with Gasteiger partial charge in [-0.25, -0.2) is 4.98 Å². The Morgan fingerprint density at radius 1 is 1.11 bits per heavy atom. The normalized spacial score (nSPS) is 10.9. The van der Waals surface area contributed by atoms with Crippen LogP contribution in [0.2, 0.25) is 0 Å². The lowest BCUT2D eigenvalue weighted by molar-refractivity contribution is 0.286. The van der Waals surface area contributed by atoms with E-state index in [9.17, 15) is 0 Å². The lowest BCUT2D eigenvalue weighted by Crippen LogP contribution is -2.00. The average Bonchev–Trinajstić information content (AvgIpc) is 3.21. The number of aromatic nitrogens is 1. The van der Waals surface area contributed by atoms with Crippen LogP contribution >= 0.6 is 11.3 Å². The maximum Gasteiger partial charge on any atom is 0.203 e. The van der Waals surface area contributed by atoms with Crippen LogP contribution < -0.4 is 14.9 Å². The Morgan fingerprint density at radius 3 is 2.75 bits per heavy atom. The minimum absolute atomic E-state index is 0.701. The smallest absolute Gasteiger partial charge is 0.203 e. The molecule has 1 N–H and O–H groups in total. The Balaban J connectivity index is 1.59. The van der Waals surface area contributed by atoms with Crippen molar-refractivity contribution in [3.8, 4) is 22.8 Å². The lowest BCUT2D eigenvalue weighted by atomic mass is 10.2. The fourth-order valence-electron chi connectivity index (χ4n) is 2.65. The minimum Gasteiger partial charge on any atom is -0.493 e. The Kier molecular flexibility index (Phi) is 7.44. The second kappa shape index (κ2) is 10.5. The van der Waals surface area contributed by atoms with Gasteiger partial charge in [-0.3, -0.25) is 5.43 Å². The molecule has 0 saturated heterocycles. The molecule has 3 rings (SSSR count). The number of anilines is 1. The van der Waals surface area contributed by atoms with Crippen LogP contribution in [-0.2, 0) is 0 Å². The molecule has 0 saturated carbocycles. The monoisotopic (exact) mass is 395 g/mol. The first-order valence-corrected chi connectivity index (χ1v) is 10.3. The molecule has 0 atom stereocenters.